The van der Waals surface area contributed by atoms with Gasteiger partial charge in [-0.05, 0) is 58.8 Å². The van der Waals surface area contributed by atoms with Gasteiger partial charge in [-0.3, -0.25) is 9.59 Å². The normalized spacial score (nSPS) is 10.5. The van der Waals surface area contributed by atoms with E-state index in [2.05, 4.69) is 50.4 Å². The molecule has 0 aliphatic rings. The Morgan fingerprint density at radius 2 is 1.68 bits per heavy atom. The maximum absolute atomic E-state index is 12.2. The largest absolute Gasteiger partial charge is 0.272 e. The van der Waals surface area contributed by atoms with E-state index in [1.807, 2.05) is 12.1 Å². The Hall–Kier alpha value is -2.49. The zero-order valence-electron chi connectivity index (χ0n) is 13.4. The molecule has 124 valence electrons. The number of nitrogens with zero attached hydrogens (tertiary/aromatic N) is 2. The predicted octanol–water partition coefficient (Wildman–Crippen LogP) is 1.83. The van der Waals surface area contributed by atoms with Gasteiger partial charge < -0.3 is 0 Å². The van der Waals surface area contributed by atoms with E-state index >= 15 is 0 Å². The molecule has 6 nitrogen and oxygen atoms in total. The van der Waals surface area contributed by atoms with Gasteiger partial charge in [-0.15, -0.1) is 0 Å². The summed E-state index contributed by atoms with van der Waals surface area (Å²) in [5.41, 5.74) is 7.31. The lowest BCUT2D eigenvalue weighted by Gasteiger charge is -2.10. The summed E-state index contributed by atoms with van der Waals surface area (Å²) in [6.45, 7) is 4.93. The van der Waals surface area contributed by atoms with Crippen LogP contribution < -0.4 is 16.3 Å². The summed E-state index contributed by atoms with van der Waals surface area (Å²) in [7, 11) is 5.85. The van der Waals surface area contributed by atoms with Crippen molar-refractivity contribution in [1.29, 1.82) is 0 Å². The van der Waals surface area contributed by atoms with Crippen LogP contribution in [0.2, 0.25) is 0 Å². The summed E-state index contributed by atoms with van der Waals surface area (Å²) in [5.74, 6) is -0.760. The molecule has 2 radical (unpaired) electrons. The van der Waals surface area contributed by atoms with Crippen LogP contribution in [0.1, 0.15) is 27.6 Å². The minimum atomic E-state index is -0.449. The lowest BCUT2D eigenvalue weighted by Crippen LogP contribution is -2.24. The number of hydrogen-bond acceptors (Lipinski definition) is 4. The fraction of sp³-hybridized carbons (Fsp3) is 0.0588. The van der Waals surface area contributed by atoms with Crippen LogP contribution >= 0.6 is 22.6 Å². The SMILES string of the molecule is [B]c1ccc(-c2ccc(I)c(C(=O)N/N=C/C)c2)cc1C(=O)NN=C. The van der Waals surface area contributed by atoms with E-state index in [1.54, 1.807) is 31.2 Å². The maximum atomic E-state index is 12.2. The number of halogens is 1. The van der Waals surface area contributed by atoms with Crippen LogP contribution in [0.25, 0.3) is 11.1 Å². The van der Waals surface area contributed by atoms with Crippen molar-refractivity contribution in [2.75, 3.05) is 0 Å². The molecule has 0 aliphatic carbocycles. The van der Waals surface area contributed by atoms with Gasteiger partial charge in [0.15, 0.2) is 0 Å². The molecule has 0 heterocycles. The number of amides is 2. The standard InChI is InChI=1S/C17H14BIN4O2/c1-3-21-23-17(25)13-9-11(5-7-15(13)19)10-4-6-14(18)12(8-10)16(24)22-20-2/h3-9H,2H2,1H3,(H,22,24)(H,23,25)/b21-3+. The Bertz CT molecular complexity index is 868. The average molecular weight is 444 g/mol. The first-order chi connectivity index (χ1) is 12.0. The average Bonchev–Trinajstić information content (AvgIpc) is 2.60. The van der Waals surface area contributed by atoms with Crippen molar-refractivity contribution >= 4 is 60.6 Å². The van der Waals surface area contributed by atoms with E-state index < -0.39 is 5.91 Å². The smallest absolute Gasteiger partial charge is 0.267 e. The second kappa shape index (κ2) is 8.56. The van der Waals surface area contributed by atoms with Crippen LogP contribution in [0.3, 0.4) is 0 Å². The molecule has 0 spiro atoms. The highest BCUT2D eigenvalue weighted by Gasteiger charge is 2.13. The molecule has 0 saturated heterocycles. The molecular formula is C17H14BIN4O2. The number of hydrogen-bond donors (Lipinski definition) is 2. The van der Waals surface area contributed by atoms with Gasteiger partial charge in [0.25, 0.3) is 11.8 Å². The van der Waals surface area contributed by atoms with Crippen molar-refractivity contribution in [1.82, 2.24) is 10.9 Å². The maximum Gasteiger partial charge on any atom is 0.272 e. The van der Waals surface area contributed by atoms with Gasteiger partial charge in [0.1, 0.15) is 7.85 Å². The molecule has 2 aromatic carbocycles. The second-order valence-electron chi connectivity index (χ2n) is 4.92. The van der Waals surface area contributed by atoms with Crippen molar-refractivity contribution in [2.24, 2.45) is 10.2 Å². The van der Waals surface area contributed by atoms with Crippen LogP contribution in [0.15, 0.2) is 46.6 Å². The van der Waals surface area contributed by atoms with Crippen LogP contribution in [0, 0.1) is 3.57 Å². The summed E-state index contributed by atoms with van der Waals surface area (Å²) in [4.78, 5) is 24.2. The first-order valence-corrected chi connectivity index (χ1v) is 8.29. The lowest BCUT2D eigenvalue weighted by molar-refractivity contribution is 0.0947. The Balaban J connectivity index is 2.45. The first kappa shape index (κ1) is 18.8. The molecule has 0 aromatic heterocycles. The number of hydrazone groups is 2. The number of carbonyl (C=O) groups is 2. The topological polar surface area (TPSA) is 82.9 Å². The summed E-state index contributed by atoms with van der Waals surface area (Å²) in [6.07, 6.45) is 1.49. The van der Waals surface area contributed by atoms with Crippen LogP contribution in [-0.4, -0.2) is 32.6 Å². The van der Waals surface area contributed by atoms with Gasteiger partial charge in [0.2, 0.25) is 0 Å². The van der Waals surface area contributed by atoms with Crippen LogP contribution in [0.4, 0.5) is 0 Å². The molecular weight excluding hydrogens is 430 g/mol. The van der Waals surface area contributed by atoms with E-state index in [1.165, 1.54) is 6.21 Å². The van der Waals surface area contributed by atoms with Gasteiger partial charge >= 0.3 is 0 Å². The minimum absolute atomic E-state index is 0.282. The second-order valence-corrected chi connectivity index (χ2v) is 6.09. The summed E-state index contributed by atoms with van der Waals surface area (Å²) >= 11 is 2.08. The number of carbonyl (C=O) groups excluding carboxylic acids is 2. The highest BCUT2D eigenvalue weighted by atomic mass is 127. The lowest BCUT2D eigenvalue weighted by atomic mass is 9.87. The van der Waals surface area contributed by atoms with Crippen LogP contribution in [0.5, 0.6) is 0 Å². The third-order valence-electron chi connectivity index (χ3n) is 3.32. The highest BCUT2D eigenvalue weighted by Crippen LogP contribution is 2.24. The Kier molecular flexibility index (Phi) is 6.46. The zero-order valence-corrected chi connectivity index (χ0v) is 15.6. The zero-order chi connectivity index (χ0) is 18.4. The number of nitrogens with one attached hydrogen (secondary N) is 2. The van der Waals surface area contributed by atoms with Gasteiger partial charge in [0.05, 0.1) is 5.56 Å². The van der Waals surface area contributed by atoms with E-state index in [4.69, 9.17) is 7.85 Å². The quantitative estimate of drug-likeness (QED) is 0.320. The van der Waals surface area contributed by atoms with E-state index in [9.17, 15) is 9.59 Å². The van der Waals surface area contributed by atoms with Crippen molar-refractivity contribution in [2.45, 2.75) is 6.92 Å². The van der Waals surface area contributed by atoms with E-state index in [-0.39, 0.29) is 11.5 Å². The minimum Gasteiger partial charge on any atom is -0.267 e. The molecule has 2 N–H and O–H groups in total. The van der Waals surface area contributed by atoms with Crippen molar-refractivity contribution in [3.8, 4) is 11.1 Å². The van der Waals surface area contributed by atoms with Gasteiger partial charge in [0, 0.05) is 22.1 Å². The third kappa shape index (κ3) is 4.53. The van der Waals surface area contributed by atoms with Crippen LogP contribution in [-0.2, 0) is 0 Å². The van der Waals surface area contributed by atoms with Gasteiger partial charge in [-0.25, -0.2) is 10.9 Å². The third-order valence-corrected chi connectivity index (χ3v) is 4.26. The molecule has 0 atom stereocenters. The molecule has 2 amide bonds. The van der Waals surface area contributed by atoms with Crippen molar-refractivity contribution < 1.29 is 9.59 Å². The number of benzene rings is 2. The summed E-state index contributed by atoms with van der Waals surface area (Å²) in [5, 5.41) is 7.11. The highest BCUT2D eigenvalue weighted by molar-refractivity contribution is 14.1. The molecule has 2 rings (SSSR count). The molecule has 25 heavy (non-hydrogen) atoms. The Labute approximate surface area is 160 Å². The fourth-order valence-electron chi connectivity index (χ4n) is 2.13. The Morgan fingerprint density at radius 3 is 2.32 bits per heavy atom. The van der Waals surface area contributed by atoms with Crippen molar-refractivity contribution in [3.63, 3.8) is 0 Å². The molecule has 0 unspecified atom stereocenters. The molecule has 0 saturated carbocycles. The first-order valence-electron chi connectivity index (χ1n) is 7.21. The molecule has 8 heteroatoms. The van der Waals surface area contributed by atoms with Gasteiger partial charge in [-0.1, -0.05) is 23.7 Å². The summed E-state index contributed by atoms with van der Waals surface area (Å²) < 4.78 is 0.787. The molecule has 0 fully saturated rings. The van der Waals surface area contributed by atoms with Gasteiger partial charge in [-0.2, -0.15) is 10.2 Å². The molecule has 2 aromatic rings. The van der Waals surface area contributed by atoms with Crippen molar-refractivity contribution in [3.05, 3.63) is 51.1 Å². The summed E-state index contributed by atoms with van der Waals surface area (Å²) in [6, 6.07) is 10.5. The molecule has 0 bridgehead atoms. The van der Waals surface area contributed by atoms with E-state index in [0.29, 0.717) is 11.0 Å². The predicted molar refractivity (Wildman–Crippen MR) is 109 cm³/mol. The van der Waals surface area contributed by atoms with E-state index in [0.717, 1.165) is 14.7 Å². The molecule has 0 aliphatic heterocycles. The Morgan fingerprint density at radius 1 is 1.08 bits per heavy atom. The fourth-order valence-corrected chi connectivity index (χ4v) is 2.71. The number of rotatable bonds is 5. The monoisotopic (exact) mass is 444 g/mol.